The molecular weight excluding hydrogens is 964 g/mol. The van der Waals surface area contributed by atoms with E-state index in [2.05, 4.69) is 74.7 Å². The van der Waals surface area contributed by atoms with E-state index in [-0.39, 0.29) is 31.5 Å². The minimum absolute atomic E-state index is 0.0376. The molecule has 0 aromatic carbocycles. The third kappa shape index (κ3) is 56.4. The maximum absolute atomic E-state index is 13.6. The summed E-state index contributed by atoms with van der Waals surface area (Å²) in [5.41, 5.74) is 0. The Morgan fingerprint density at radius 3 is 1.29 bits per heavy atom. The van der Waals surface area contributed by atoms with Gasteiger partial charge in [-0.05, 0) is 89.5 Å². The van der Waals surface area contributed by atoms with Crippen molar-refractivity contribution in [1.29, 1.82) is 0 Å². The summed E-state index contributed by atoms with van der Waals surface area (Å²) in [4.78, 5) is 37.7. The molecule has 444 valence electrons. The van der Waals surface area contributed by atoms with Crippen molar-refractivity contribution in [2.45, 2.75) is 309 Å². The summed E-state index contributed by atoms with van der Waals surface area (Å²) in [5, 5.41) is 3.06. The molecule has 0 aliphatic carbocycles. The molecule has 1 amide bonds. The zero-order valence-electron chi connectivity index (χ0n) is 50.7. The molecular formula is C66H124N2O7P+. The van der Waals surface area contributed by atoms with Gasteiger partial charge in [0.05, 0.1) is 33.8 Å². The van der Waals surface area contributed by atoms with E-state index in [1.54, 1.807) is 0 Å². The molecule has 0 rings (SSSR count). The summed E-state index contributed by atoms with van der Waals surface area (Å²) in [6.07, 6.45) is 70.7. The number of phosphoric acid groups is 1. The number of ether oxygens (including phenoxy) is 1. The number of amides is 1. The first kappa shape index (κ1) is 73.7. The van der Waals surface area contributed by atoms with Gasteiger partial charge < -0.3 is 19.4 Å². The number of unbranched alkanes of at least 4 members (excludes halogenated alkanes) is 35. The quantitative estimate of drug-likeness (QED) is 0.0156. The topological polar surface area (TPSA) is 111 Å². The van der Waals surface area contributed by atoms with Gasteiger partial charge in [0.2, 0.25) is 5.91 Å². The highest BCUT2D eigenvalue weighted by atomic mass is 31.2. The third-order valence-electron chi connectivity index (χ3n) is 14.2. The second-order valence-electron chi connectivity index (χ2n) is 23.0. The number of hydrogen-bond acceptors (Lipinski definition) is 6. The third-order valence-corrected chi connectivity index (χ3v) is 15.2. The molecule has 0 fully saturated rings. The second-order valence-corrected chi connectivity index (χ2v) is 24.4. The zero-order valence-corrected chi connectivity index (χ0v) is 51.6. The van der Waals surface area contributed by atoms with Crippen LogP contribution in [0.3, 0.4) is 0 Å². The van der Waals surface area contributed by atoms with Gasteiger partial charge in [-0.25, -0.2) is 4.57 Å². The number of hydrogen-bond donors (Lipinski definition) is 2. The largest absolute Gasteiger partial charge is 0.472 e. The first-order chi connectivity index (χ1) is 36.9. The molecule has 2 N–H and O–H groups in total. The van der Waals surface area contributed by atoms with E-state index >= 15 is 0 Å². The Hall–Kier alpha value is -2.29. The molecule has 0 aromatic rings. The average Bonchev–Trinajstić information content (AvgIpc) is 3.38. The van der Waals surface area contributed by atoms with Crippen molar-refractivity contribution in [2.75, 3.05) is 40.9 Å². The number of rotatable bonds is 58. The minimum Gasteiger partial charge on any atom is -0.456 e. The highest BCUT2D eigenvalue weighted by Crippen LogP contribution is 2.43. The molecule has 0 saturated carbocycles. The lowest BCUT2D eigenvalue weighted by atomic mass is 10.0. The van der Waals surface area contributed by atoms with Crippen molar-refractivity contribution >= 4 is 19.7 Å². The number of nitrogens with zero attached hydrogens (tertiary/aromatic N) is 1. The van der Waals surface area contributed by atoms with Gasteiger partial charge >= 0.3 is 13.8 Å². The molecule has 0 spiro atoms. The number of allylic oxidation sites excluding steroid dienone is 9. The average molecular weight is 1090 g/mol. The van der Waals surface area contributed by atoms with Crippen LogP contribution in [-0.4, -0.2) is 74.3 Å². The van der Waals surface area contributed by atoms with Crippen LogP contribution in [0.25, 0.3) is 0 Å². The van der Waals surface area contributed by atoms with Gasteiger partial charge in [0.15, 0.2) is 0 Å². The van der Waals surface area contributed by atoms with E-state index < -0.39 is 20.0 Å². The lowest BCUT2D eigenvalue weighted by Crippen LogP contribution is -2.47. The Morgan fingerprint density at radius 2 is 0.842 bits per heavy atom. The van der Waals surface area contributed by atoms with E-state index in [4.69, 9.17) is 13.8 Å². The van der Waals surface area contributed by atoms with Crippen LogP contribution < -0.4 is 5.32 Å². The monoisotopic (exact) mass is 1090 g/mol. The van der Waals surface area contributed by atoms with Crippen molar-refractivity contribution in [2.24, 2.45) is 0 Å². The molecule has 3 atom stereocenters. The summed E-state index contributed by atoms with van der Waals surface area (Å²) in [6.45, 7) is 6.97. The number of nitrogens with one attached hydrogen (secondary N) is 1. The standard InChI is InChI=1S/C66H123N2O7P/c1-7-10-13-16-19-22-25-28-30-31-32-33-34-35-36-37-39-40-43-46-49-52-55-58-65(69)67-63(62-74-76(71,72)73-61-60-68(4,5)6)64(57-54-51-48-45-42-27-24-21-18-15-12-9-3)75-66(70)59-56-53-50-47-44-41-38-29-26-23-20-17-14-11-8-2/h19-20,22-23,26,28-30,54,57,63-64H,7-18,21,24-25,27,31-53,55-56,58-62H2,1-6H3,(H-,67,69,71,72)/p+1/b22-19-,23-20+,29-26+,30-28-,57-54-. The van der Waals surface area contributed by atoms with Crippen molar-refractivity contribution < 1.29 is 37.3 Å². The van der Waals surface area contributed by atoms with Crippen LogP contribution in [0.5, 0.6) is 0 Å². The van der Waals surface area contributed by atoms with Crippen molar-refractivity contribution in [3.63, 3.8) is 0 Å². The van der Waals surface area contributed by atoms with Crippen molar-refractivity contribution in [1.82, 2.24) is 5.32 Å². The highest BCUT2D eigenvalue weighted by molar-refractivity contribution is 7.47. The predicted octanol–water partition coefficient (Wildman–Crippen LogP) is 19.8. The van der Waals surface area contributed by atoms with Crippen LogP contribution in [-0.2, 0) is 27.9 Å². The number of phosphoric ester groups is 1. The maximum Gasteiger partial charge on any atom is 0.472 e. The fraction of sp³-hybridized carbons (Fsp3) is 0.818. The Balaban J connectivity index is 5.16. The van der Waals surface area contributed by atoms with Gasteiger partial charge in [0.1, 0.15) is 19.3 Å². The van der Waals surface area contributed by atoms with Crippen LogP contribution in [0.4, 0.5) is 0 Å². The molecule has 76 heavy (non-hydrogen) atoms. The Kier molecular flexibility index (Phi) is 54.3. The van der Waals surface area contributed by atoms with E-state index in [0.29, 0.717) is 17.4 Å². The van der Waals surface area contributed by atoms with E-state index in [1.165, 1.54) is 180 Å². The van der Waals surface area contributed by atoms with Gasteiger partial charge in [-0.2, -0.15) is 0 Å². The fourth-order valence-electron chi connectivity index (χ4n) is 9.20. The highest BCUT2D eigenvalue weighted by Gasteiger charge is 2.30. The number of carbonyl (C=O) groups is 2. The predicted molar refractivity (Wildman–Crippen MR) is 328 cm³/mol. The summed E-state index contributed by atoms with van der Waals surface area (Å²) in [6, 6.07) is -0.854. The minimum atomic E-state index is -4.45. The maximum atomic E-state index is 13.6. The first-order valence-electron chi connectivity index (χ1n) is 32.1. The van der Waals surface area contributed by atoms with E-state index in [9.17, 15) is 19.0 Å². The molecule has 0 bridgehead atoms. The van der Waals surface area contributed by atoms with Crippen LogP contribution in [0.15, 0.2) is 60.8 Å². The normalized spacial score (nSPS) is 14.0. The van der Waals surface area contributed by atoms with Gasteiger partial charge in [0.25, 0.3) is 0 Å². The van der Waals surface area contributed by atoms with Gasteiger partial charge in [-0.3, -0.25) is 18.6 Å². The molecule has 0 aromatic heterocycles. The van der Waals surface area contributed by atoms with Gasteiger partial charge in [-0.15, -0.1) is 0 Å². The Labute approximate surface area is 471 Å². The lowest BCUT2D eigenvalue weighted by molar-refractivity contribution is -0.870. The van der Waals surface area contributed by atoms with E-state index in [1.807, 2.05) is 33.3 Å². The van der Waals surface area contributed by atoms with Crippen molar-refractivity contribution in [3.05, 3.63) is 60.8 Å². The molecule has 10 heteroatoms. The number of quaternary nitrogens is 1. The molecule has 0 radical (unpaired) electrons. The van der Waals surface area contributed by atoms with Crippen LogP contribution in [0.2, 0.25) is 0 Å². The second kappa shape index (κ2) is 56.0. The molecule has 9 nitrogen and oxygen atoms in total. The van der Waals surface area contributed by atoms with Crippen molar-refractivity contribution in [3.8, 4) is 0 Å². The SMILES string of the molecule is CCCCC/C=C\C/C=C\CCCCCCCCCCCCCCCC(=O)NC(COP(=O)(O)OCC[N+](C)(C)C)C(/C=C\CCCCCCCCCCCC)OC(=O)CCCCCCCC/C=C/C=C/CCCCC. The molecule has 0 aliphatic rings. The van der Waals surface area contributed by atoms with Crippen LogP contribution in [0.1, 0.15) is 297 Å². The summed E-state index contributed by atoms with van der Waals surface area (Å²) < 4.78 is 30.7. The summed E-state index contributed by atoms with van der Waals surface area (Å²) >= 11 is 0. The van der Waals surface area contributed by atoms with Crippen LogP contribution in [0, 0.1) is 0 Å². The Morgan fingerprint density at radius 1 is 0.474 bits per heavy atom. The van der Waals surface area contributed by atoms with Gasteiger partial charge in [0, 0.05) is 12.8 Å². The summed E-state index contributed by atoms with van der Waals surface area (Å²) in [7, 11) is 1.49. The molecule has 0 aliphatic heterocycles. The number of esters is 1. The first-order valence-corrected chi connectivity index (χ1v) is 33.6. The lowest BCUT2D eigenvalue weighted by Gasteiger charge is -2.27. The fourth-order valence-corrected chi connectivity index (χ4v) is 9.93. The molecule has 0 heterocycles. The number of carbonyl (C=O) groups excluding carboxylic acids is 2. The van der Waals surface area contributed by atoms with Gasteiger partial charge in [-0.1, -0.05) is 255 Å². The molecule has 3 unspecified atom stereocenters. The smallest absolute Gasteiger partial charge is 0.456 e. The van der Waals surface area contributed by atoms with E-state index in [0.717, 1.165) is 83.5 Å². The zero-order chi connectivity index (χ0) is 55.7. The number of likely N-dealkylation sites (N-methyl/N-ethyl adjacent to an activating group) is 1. The van der Waals surface area contributed by atoms with Crippen LogP contribution >= 0.6 is 7.82 Å². The summed E-state index contributed by atoms with van der Waals surface area (Å²) in [5.74, 6) is -0.513. The molecule has 0 saturated heterocycles. The Bertz CT molecular complexity index is 1490.